The first-order chi connectivity index (χ1) is 7.44. The van der Waals surface area contributed by atoms with Crippen LogP contribution in [0.15, 0.2) is 18.2 Å². The van der Waals surface area contributed by atoms with Gasteiger partial charge in [-0.05, 0) is 49.3 Å². The lowest BCUT2D eigenvalue weighted by atomic mass is 9.91. The van der Waals surface area contributed by atoms with Gasteiger partial charge in [-0.3, -0.25) is 4.79 Å². The van der Waals surface area contributed by atoms with Gasteiger partial charge in [0, 0.05) is 12.8 Å². The summed E-state index contributed by atoms with van der Waals surface area (Å²) in [6.45, 7) is 6.49. The molecule has 1 aromatic rings. The maximum atomic E-state index is 11.4. The monoisotopic (exact) mass is 234 g/mol. The van der Waals surface area contributed by atoms with E-state index in [9.17, 15) is 4.79 Å². The molecule has 0 atom stereocenters. The van der Waals surface area contributed by atoms with Crippen molar-refractivity contribution in [2.24, 2.45) is 0 Å². The second kappa shape index (κ2) is 4.05. The van der Waals surface area contributed by atoms with Crippen molar-refractivity contribution in [1.29, 1.82) is 0 Å². The highest BCUT2D eigenvalue weighted by Gasteiger charge is 2.19. The summed E-state index contributed by atoms with van der Waals surface area (Å²) in [5.41, 5.74) is 2.47. The maximum Gasteiger partial charge on any atom is 0.242 e. The van der Waals surface area contributed by atoms with Gasteiger partial charge < -0.3 is 4.43 Å². The molecular weight excluding hydrogens is 216 g/mol. The van der Waals surface area contributed by atoms with Crippen LogP contribution in [0.25, 0.3) is 0 Å². The zero-order chi connectivity index (χ0) is 11.8. The molecule has 0 spiro atoms. The van der Waals surface area contributed by atoms with Crippen molar-refractivity contribution in [2.45, 2.75) is 38.9 Å². The molecule has 16 heavy (non-hydrogen) atoms. The molecule has 0 aliphatic heterocycles. The van der Waals surface area contributed by atoms with Gasteiger partial charge in [-0.15, -0.1) is 0 Å². The number of rotatable bonds is 2. The first kappa shape index (κ1) is 11.4. The molecule has 1 aliphatic rings. The molecule has 1 aliphatic carbocycles. The van der Waals surface area contributed by atoms with Crippen LogP contribution >= 0.6 is 0 Å². The largest absolute Gasteiger partial charge is 0.544 e. The second-order valence-electron chi connectivity index (χ2n) is 5.36. The minimum absolute atomic E-state index is 0.345. The standard InChI is InChI=1S/C13H18O2Si/c1-16(2,3)15-13-7-5-10-4-6-12(14)8-11(10)9-13/h5,7,9H,4,6,8H2,1-3H3. The van der Waals surface area contributed by atoms with E-state index in [1.54, 1.807) is 0 Å². The van der Waals surface area contributed by atoms with E-state index in [-0.39, 0.29) is 0 Å². The van der Waals surface area contributed by atoms with Crippen molar-refractivity contribution in [2.75, 3.05) is 0 Å². The van der Waals surface area contributed by atoms with Crippen LogP contribution in [0.4, 0.5) is 0 Å². The van der Waals surface area contributed by atoms with E-state index in [1.807, 2.05) is 12.1 Å². The van der Waals surface area contributed by atoms with E-state index in [0.717, 1.165) is 17.7 Å². The fraction of sp³-hybridized carbons (Fsp3) is 0.462. The number of hydrogen-bond donors (Lipinski definition) is 0. The van der Waals surface area contributed by atoms with Crippen LogP contribution in [0.2, 0.25) is 19.6 Å². The fourth-order valence-corrected chi connectivity index (χ4v) is 2.84. The Morgan fingerprint density at radius 2 is 1.88 bits per heavy atom. The van der Waals surface area contributed by atoms with Crippen LogP contribution in [-0.4, -0.2) is 14.1 Å². The predicted molar refractivity (Wildman–Crippen MR) is 67.4 cm³/mol. The van der Waals surface area contributed by atoms with E-state index in [4.69, 9.17) is 4.43 Å². The smallest absolute Gasteiger partial charge is 0.242 e. The highest BCUT2D eigenvalue weighted by atomic mass is 28.4. The van der Waals surface area contributed by atoms with Crippen LogP contribution in [0.1, 0.15) is 17.5 Å². The highest BCUT2D eigenvalue weighted by molar-refractivity contribution is 6.70. The number of hydrogen-bond acceptors (Lipinski definition) is 2. The van der Waals surface area contributed by atoms with Crippen molar-refractivity contribution < 1.29 is 9.22 Å². The number of fused-ring (bicyclic) bond motifs is 1. The van der Waals surface area contributed by atoms with Gasteiger partial charge >= 0.3 is 0 Å². The average Bonchev–Trinajstić information content (AvgIpc) is 2.14. The average molecular weight is 234 g/mol. The van der Waals surface area contributed by atoms with Crippen LogP contribution < -0.4 is 4.43 Å². The molecule has 0 fully saturated rings. The lowest BCUT2D eigenvalue weighted by molar-refractivity contribution is -0.118. The molecule has 0 saturated carbocycles. The third kappa shape index (κ3) is 2.73. The van der Waals surface area contributed by atoms with Gasteiger partial charge in [-0.2, -0.15) is 0 Å². The summed E-state index contributed by atoms with van der Waals surface area (Å²) < 4.78 is 5.93. The first-order valence-electron chi connectivity index (χ1n) is 5.76. The Morgan fingerprint density at radius 1 is 1.12 bits per heavy atom. The predicted octanol–water partition coefficient (Wildman–Crippen LogP) is 2.96. The Morgan fingerprint density at radius 3 is 2.56 bits per heavy atom. The van der Waals surface area contributed by atoms with Gasteiger partial charge in [0.1, 0.15) is 11.5 Å². The van der Waals surface area contributed by atoms with E-state index >= 15 is 0 Å². The normalized spacial score (nSPS) is 15.8. The van der Waals surface area contributed by atoms with Gasteiger partial charge in [0.25, 0.3) is 0 Å². The fourth-order valence-electron chi connectivity index (χ4n) is 2.00. The van der Waals surface area contributed by atoms with E-state index in [0.29, 0.717) is 18.6 Å². The minimum atomic E-state index is -1.55. The zero-order valence-electron chi connectivity index (χ0n) is 10.2. The Bertz CT molecular complexity index is 418. The summed E-state index contributed by atoms with van der Waals surface area (Å²) >= 11 is 0. The van der Waals surface area contributed by atoms with Crippen LogP contribution in [-0.2, 0) is 17.6 Å². The minimum Gasteiger partial charge on any atom is -0.544 e. The van der Waals surface area contributed by atoms with Gasteiger partial charge in [0.05, 0.1) is 0 Å². The number of carbonyl (C=O) groups is 1. The van der Waals surface area contributed by atoms with Gasteiger partial charge in [0.2, 0.25) is 8.32 Å². The summed E-state index contributed by atoms with van der Waals surface area (Å²) in [6, 6.07) is 6.19. The lowest BCUT2D eigenvalue weighted by Gasteiger charge is -2.21. The quantitative estimate of drug-likeness (QED) is 0.735. The third-order valence-electron chi connectivity index (χ3n) is 2.66. The van der Waals surface area contributed by atoms with Crippen molar-refractivity contribution >= 4 is 14.1 Å². The van der Waals surface area contributed by atoms with Crippen LogP contribution in [0.3, 0.4) is 0 Å². The van der Waals surface area contributed by atoms with E-state index in [1.165, 1.54) is 5.56 Å². The molecule has 86 valence electrons. The Kier molecular flexibility index (Phi) is 2.89. The maximum absolute atomic E-state index is 11.4. The summed E-state index contributed by atoms with van der Waals surface area (Å²) in [4.78, 5) is 11.4. The molecular formula is C13H18O2Si. The number of Topliss-reactive ketones (excluding diaryl/α,β-unsaturated/α-hetero) is 1. The summed E-state index contributed by atoms with van der Waals surface area (Å²) in [6.07, 6.45) is 2.17. The first-order valence-corrected chi connectivity index (χ1v) is 9.17. The zero-order valence-corrected chi connectivity index (χ0v) is 11.2. The highest BCUT2D eigenvalue weighted by Crippen LogP contribution is 2.25. The molecule has 0 radical (unpaired) electrons. The van der Waals surface area contributed by atoms with Gasteiger partial charge in [-0.1, -0.05) is 6.07 Å². The second-order valence-corrected chi connectivity index (χ2v) is 9.79. The van der Waals surface area contributed by atoms with Crippen molar-refractivity contribution in [3.63, 3.8) is 0 Å². The Balaban J connectivity index is 2.24. The molecule has 0 unspecified atom stereocenters. The molecule has 1 aromatic carbocycles. The van der Waals surface area contributed by atoms with Gasteiger partial charge in [-0.25, -0.2) is 0 Å². The van der Waals surface area contributed by atoms with Crippen LogP contribution in [0.5, 0.6) is 5.75 Å². The van der Waals surface area contributed by atoms with Crippen molar-refractivity contribution in [1.82, 2.24) is 0 Å². The summed E-state index contributed by atoms with van der Waals surface area (Å²) in [5, 5.41) is 0. The number of aryl methyl sites for hydroxylation is 1. The molecule has 0 amide bonds. The third-order valence-corrected chi connectivity index (χ3v) is 3.51. The van der Waals surface area contributed by atoms with Crippen molar-refractivity contribution in [3.05, 3.63) is 29.3 Å². The molecule has 0 N–H and O–H groups in total. The molecule has 2 rings (SSSR count). The molecule has 0 aromatic heterocycles. The number of ketones is 1. The van der Waals surface area contributed by atoms with Crippen molar-refractivity contribution in [3.8, 4) is 5.75 Å². The lowest BCUT2D eigenvalue weighted by Crippen LogP contribution is -2.29. The number of benzene rings is 1. The van der Waals surface area contributed by atoms with E-state index in [2.05, 4.69) is 25.7 Å². The summed E-state index contributed by atoms with van der Waals surface area (Å²) in [5.74, 6) is 1.27. The molecule has 2 nitrogen and oxygen atoms in total. The van der Waals surface area contributed by atoms with E-state index < -0.39 is 8.32 Å². The summed E-state index contributed by atoms with van der Waals surface area (Å²) in [7, 11) is -1.55. The molecule has 3 heteroatoms. The molecule has 0 heterocycles. The van der Waals surface area contributed by atoms with Crippen LogP contribution in [0, 0.1) is 0 Å². The SMILES string of the molecule is C[Si](C)(C)Oc1ccc2c(c1)CC(=O)CC2. The Labute approximate surface area is 97.8 Å². The van der Waals surface area contributed by atoms with Gasteiger partial charge in [0.15, 0.2) is 0 Å². The number of carbonyl (C=O) groups excluding carboxylic acids is 1. The Hall–Kier alpha value is -1.09. The molecule has 0 saturated heterocycles. The topological polar surface area (TPSA) is 26.3 Å². The molecule has 0 bridgehead atoms.